The summed E-state index contributed by atoms with van der Waals surface area (Å²) in [5, 5.41) is 0.516. The molecule has 3 rings (SSSR count). The van der Waals surface area contributed by atoms with E-state index in [9.17, 15) is 9.59 Å². The first kappa shape index (κ1) is 21.0. The average molecular weight is 431 g/mol. The molecule has 2 amide bonds. The van der Waals surface area contributed by atoms with Gasteiger partial charge in [-0.25, -0.2) is 9.97 Å². The van der Waals surface area contributed by atoms with Gasteiger partial charge in [0.25, 0.3) is 5.91 Å². The Morgan fingerprint density at radius 1 is 1.07 bits per heavy atom. The van der Waals surface area contributed by atoms with Gasteiger partial charge >= 0.3 is 0 Å². The fourth-order valence-corrected chi connectivity index (χ4v) is 3.75. The summed E-state index contributed by atoms with van der Waals surface area (Å²) < 4.78 is 0. The lowest BCUT2D eigenvalue weighted by Gasteiger charge is -2.41. The van der Waals surface area contributed by atoms with Crippen LogP contribution in [0.4, 0.5) is 0 Å². The fourth-order valence-electron chi connectivity index (χ4n) is 3.40. The number of hydrogen-bond acceptors (Lipinski definition) is 4. The molecule has 1 aliphatic heterocycles. The first-order chi connectivity index (χ1) is 13.8. The highest BCUT2D eigenvalue weighted by molar-refractivity contribution is 6.31. The molecule has 0 radical (unpaired) electrons. The van der Waals surface area contributed by atoms with Gasteiger partial charge in [0, 0.05) is 53.9 Å². The number of halogens is 2. The molecule has 150 valence electrons. The zero-order chi connectivity index (χ0) is 21.1. The second-order valence-corrected chi connectivity index (χ2v) is 7.43. The van der Waals surface area contributed by atoms with Crippen LogP contribution in [0, 0.1) is 6.92 Å². The minimum atomic E-state index is -0.422. The SMILES string of the molecule is CC(=O)N1C=CN(C(=O)/C=C\Cl)[C@H](C)[C@H]1c1cc(Cl)cc(-c2cnc(C)nc2)c1. The molecule has 2 aromatic rings. The van der Waals surface area contributed by atoms with E-state index in [0.29, 0.717) is 10.8 Å². The lowest BCUT2D eigenvalue weighted by atomic mass is 9.93. The van der Waals surface area contributed by atoms with Crippen LogP contribution in [0.2, 0.25) is 5.02 Å². The Morgan fingerprint density at radius 2 is 1.72 bits per heavy atom. The molecule has 8 heteroatoms. The summed E-state index contributed by atoms with van der Waals surface area (Å²) in [6, 6.07) is 4.80. The molecule has 0 spiro atoms. The second-order valence-electron chi connectivity index (χ2n) is 6.74. The molecule has 0 unspecified atom stereocenters. The third-order valence-electron chi connectivity index (χ3n) is 4.78. The van der Waals surface area contributed by atoms with E-state index in [4.69, 9.17) is 23.2 Å². The van der Waals surface area contributed by atoms with Gasteiger partial charge in [-0.05, 0) is 43.2 Å². The molecule has 6 nitrogen and oxygen atoms in total. The average Bonchev–Trinajstić information content (AvgIpc) is 2.67. The molecule has 29 heavy (non-hydrogen) atoms. The van der Waals surface area contributed by atoms with Gasteiger partial charge in [-0.1, -0.05) is 23.2 Å². The van der Waals surface area contributed by atoms with Crippen LogP contribution in [0.3, 0.4) is 0 Å². The Hall–Kier alpha value is -2.70. The maximum absolute atomic E-state index is 12.4. The van der Waals surface area contributed by atoms with Crippen molar-refractivity contribution >= 4 is 35.0 Å². The largest absolute Gasteiger partial charge is 0.309 e. The van der Waals surface area contributed by atoms with E-state index in [1.54, 1.807) is 40.7 Å². The standard InChI is InChI=1S/C21H20Cl2N4O2/c1-13-21(27(15(3)28)7-6-26(13)20(29)4-5-22)17-8-16(9-19(23)10-17)18-11-24-14(2)25-12-18/h4-13,21H,1-3H3/b5-4-/t13-,21+/m1/s1. The zero-order valence-electron chi connectivity index (χ0n) is 16.2. The summed E-state index contributed by atoms with van der Waals surface area (Å²) in [6.45, 7) is 5.17. The summed E-state index contributed by atoms with van der Waals surface area (Å²) in [4.78, 5) is 36.3. The van der Waals surface area contributed by atoms with Crippen molar-refractivity contribution in [3.63, 3.8) is 0 Å². The molecule has 0 bridgehead atoms. The third kappa shape index (κ3) is 4.49. The topological polar surface area (TPSA) is 66.4 Å². The van der Waals surface area contributed by atoms with Crippen LogP contribution in [0.5, 0.6) is 0 Å². The number of amides is 2. The summed E-state index contributed by atoms with van der Waals surface area (Å²) in [5.74, 6) is 0.260. The van der Waals surface area contributed by atoms with Gasteiger partial charge in [0.1, 0.15) is 5.82 Å². The predicted octanol–water partition coefficient (Wildman–Crippen LogP) is 4.45. The van der Waals surface area contributed by atoms with Crippen molar-refractivity contribution in [2.24, 2.45) is 0 Å². The number of aryl methyl sites for hydroxylation is 1. The van der Waals surface area contributed by atoms with Crippen LogP contribution in [0.1, 0.15) is 31.3 Å². The number of aromatic nitrogens is 2. The first-order valence-corrected chi connectivity index (χ1v) is 9.79. The lowest BCUT2D eigenvalue weighted by molar-refractivity contribution is -0.134. The van der Waals surface area contributed by atoms with E-state index >= 15 is 0 Å². The first-order valence-electron chi connectivity index (χ1n) is 8.97. The van der Waals surface area contributed by atoms with Crippen LogP contribution >= 0.6 is 23.2 Å². The van der Waals surface area contributed by atoms with Gasteiger partial charge in [0.05, 0.1) is 12.1 Å². The van der Waals surface area contributed by atoms with E-state index in [2.05, 4.69) is 9.97 Å². The van der Waals surface area contributed by atoms with E-state index in [1.165, 1.54) is 18.5 Å². The predicted molar refractivity (Wildman–Crippen MR) is 113 cm³/mol. The molecule has 1 aliphatic rings. The number of carbonyl (C=O) groups excluding carboxylic acids is 2. The van der Waals surface area contributed by atoms with E-state index in [1.807, 2.05) is 26.0 Å². The van der Waals surface area contributed by atoms with Crippen LogP contribution in [0.15, 0.2) is 54.6 Å². The number of carbonyl (C=O) groups is 2. The molecular weight excluding hydrogens is 411 g/mol. The van der Waals surface area contributed by atoms with Gasteiger partial charge in [0.2, 0.25) is 5.91 Å². The molecule has 0 N–H and O–H groups in total. The van der Waals surface area contributed by atoms with Crippen molar-refractivity contribution in [3.05, 3.63) is 71.0 Å². The summed E-state index contributed by atoms with van der Waals surface area (Å²) in [6.07, 6.45) is 7.91. The fraction of sp³-hybridized carbons (Fsp3) is 0.238. The van der Waals surface area contributed by atoms with Crippen LogP contribution in [0.25, 0.3) is 11.1 Å². The lowest BCUT2D eigenvalue weighted by Crippen LogP contribution is -2.48. The van der Waals surface area contributed by atoms with E-state index < -0.39 is 6.04 Å². The molecule has 0 fully saturated rings. The van der Waals surface area contributed by atoms with Gasteiger partial charge < -0.3 is 9.80 Å². The number of rotatable bonds is 3. The monoisotopic (exact) mass is 430 g/mol. The van der Waals surface area contributed by atoms with Crippen molar-refractivity contribution in [3.8, 4) is 11.1 Å². The van der Waals surface area contributed by atoms with E-state index in [0.717, 1.165) is 16.7 Å². The molecule has 2 heterocycles. The minimum absolute atomic E-state index is 0.140. The number of benzene rings is 1. The van der Waals surface area contributed by atoms with Crippen LogP contribution in [-0.2, 0) is 9.59 Å². The van der Waals surface area contributed by atoms with Crippen molar-refractivity contribution in [2.75, 3.05) is 0 Å². The zero-order valence-corrected chi connectivity index (χ0v) is 17.7. The highest BCUT2D eigenvalue weighted by Gasteiger charge is 2.35. The molecule has 2 atom stereocenters. The van der Waals surface area contributed by atoms with Crippen molar-refractivity contribution in [2.45, 2.75) is 32.9 Å². The van der Waals surface area contributed by atoms with Crippen LogP contribution in [-0.4, -0.2) is 37.6 Å². The summed E-state index contributed by atoms with van der Waals surface area (Å²) in [5.41, 5.74) is 3.61. The van der Waals surface area contributed by atoms with Gasteiger partial charge in [0.15, 0.2) is 0 Å². The molecule has 0 saturated carbocycles. The maximum Gasteiger partial charge on any atom is 0.251 e. The Morgan fingerprint density at radius 3 is 2.34 bits per heavy atom. The van der Waals surface area contributed by atoms with Crippen molar-refractivity contribution in [1.82, 2.24) is 19.8 Å². The van der Waals surface area contributed by atoms with Crippen molar-refractivity contribution in [1.29, 1.82) is 0 Å². The summed E-state index contributed by atoms with van der Waals surface area (Å²) >= 11 is 12.0. The molecule has 1 aromatic carbocycles. The molecule has 0 saturated heterocycles. The normalized spacial score (nSPS) is 19.1. The quantitative estimate of drug-likeness (QED) is 0.674. The Kier molecular flexibility index (Phi) is 6.35. The Balaban J connectivity index is 2.08. The molecule has 1 aromatic heterocycles. The number of nitrogens with zero attached hydrogens (tertiary/aromatic N) is 4. The molecular formula is C21H20Cl2N4O2. The Labute approximate surface area is 179 Å². The minimum Gasteiger partial charge on any atom is -0.309 e. The Bertz CT molecular complexity index is 989. The van der Waals surface area contributed by atoms with Crippen molar-refractivity contribution < 1.29 is 9.59 Å². The molecule has 0 aliphatic carbocycles. The van der Waals surface area contributed by atoms with Gasteiger partial charge in [-0.2, -0.15) is 0 Å². The maximum atomic E-state index is 12.4. The number of hydrogen-bond donors (Lipinski definition) is 0. The van der Waals surface area contributed by atoms with Gasteiger partial charge in [-0.3, -0.25) is 9.59 Å². The van der Waals surface area contributed by atoms with E-state index in [-0.39, 0.29) is 17.9 Å². The smallest absolute Gasteiger partial charge is 0.251 e. The highest BCUT2D eigenvalue weighted by atomic mass is 35.5. The third-order valence-corrected chi connectivity index (χ3v) is 5.13. The van der Waals surface area contributed by atoms with Crippen LogP contribution < -0.4 is 0 Å². The van der Waals surface area contributed by atoms with Gasteiger partial charge in [-0.15, -0.1) is 0 Å². The summed E-state index contributed by atoms with van der Waals surface area (Å²) in [7, 11) is 0. The second kappa shape index (κ2) is 8.76. The highest BCUT2D eigenvalue weighted by Crippen LogP contribution is 2.36.